The number of amides is 1. The summed E-state index contributed by atoms with van der Waals surface area (Å²) in [7, 11) is 1.56. The molecule has 5 nitrogen and oxygen atoms in total. The van der Waals surface area contributed by atoms with E-state index in [0.29, 0.717) is 37.2 Å². The molecule has 1 saturated heterocycles. The SMILES string of the molecule is COc1ccc(C)cc1C(=O)N1CCC(=NO)CC1. The zero-order valence-corrected chi connectivity index (χ0v) is 11.2. The molecule has 0 aliphatic carbocycles. The molecular weight excluding hydrogens is 244 g/mol. The van der Waals surface area contributed by atoms with Gasteiger partial charge in [-0.15, -0.1) is 0 Å². The number of hydrogen-bond acceptors (Lipinski definition) is 4. The lowest BCUT2D eigenvalue weighted by Gasteiger charge is -2.27. The Morgan fingerprint density at radius 3 is 2.63 bits per heavy atom. The van der Waals surface area contributed by atoms with Crippen LogP contribution in [0.2, 0.25) is 0 Å². The fourth-order valence-corrected chi connectivity index (χ4v) is 2.23. The highest BCUT2D eigenvalue weighted by atomic mass is 16.5. The Balaban J connectivity index is 2.18. The molecule has 2 rings (SSSR count). The first-order valence-corrected chi connectivity index (χ1v) is 6.29. The highest BCUT2D eigenvalue weighted by Gasteiger charge is 2.23. The van der Waals surface area contributed by atoms with E-state index >= 15 is 0 Å². The minimum atomic E-state index is -0.0301. The molecule has 0 bridgehead atoms. The second kappa shape index (κ2) is 5.73. The monoisotopic (exact) mass is 262 g/mol. The van der Waals surface area contributed by atoms with Gasteiger partial charge in [-0.05, 0) is 19.1 Å². The molecule has 1 aliphatic rings. The number of rotatable bonds is 2. The number of nitrogens with zero attached hydrogens (tertiary/aromatic N) is 2. The van der Waals surface area contributed by atoms with Crippen LogP contribution in [0.5, 0.6) is 5.75 Å². The molecule has 0 spiro atoms. The molecule has 1 amide bonds. The van der Waals surface area contributed by atoms with E-state index in [4.69, 9.17) is 9.94 Å². The van der Waals surface area contributed by atoms with E-state index in [1.807, 2.05) is 25.1 Å². The number of ether oxygens (including phenoxy) is 1. The molecule has 102 valence electrons. The smallest absolute Gasteiger partial charge is 0.257 e. The lowest BCUT2D eigenvalue weighted by atomic mass is 10.1. The number of carbonyl (C=O) groups excluding carboxylic acids is 1. The van der Waals surface area contributed by atoms with Crippen LogP contribution < -0.4 is 4.74 Å². The average molecular weight is 262 g/mol. The van der Waals surface area contributed by atoms with Crippen LogP contribution in [0.25, 0.3) is 0 Å². The third-order valence-corrected chi connectivity index (χ3v) is 3.35. The van der Waals surface area contributed by atoms with Crippen LogP contribution in [0.4, 0.5) is 0 Å². The van der Waals surface area contributed by atoms with Gasteiger partial charge in [-0.3, -0.25) is 4.79 Å². The van der Waals surface area contributed by atoms with Crippen molar-refractivity contribution in [1.82, 2.24) is 4.90 Å². The average Bonchev–Trinajstić information content (AvgIpc) is 2.46. The molecule has 1 aliphatic heterocycles. The molecule has 5 heteroatoms. The maximum absolute atomic E-state index is 12.5. The predicted molar refractivity (Wildman–Crippen MR) is 72.1 cm³/mol. The van der Waals surface area contributed by atoms with Crippen LogP contribution in [0, 0.1) is 6.92 Å². The molecule has 0 aromatic heterocycles. The van der Waals surface area contributed by atoms with E-state index in [9.17, 15) is 4.79 Å². The minimum Gasteiger partial charge on any atom is -0.496 e. The Labute approximate surface area is 112 Å². The number of hydrogen-bond donors (Lipinski definition) is 1. The van der Waals surface area contributed by atoms with Gasteiger partial charge in [-0.2, -0.15) is 0 Å². The van der Waals surface area contributed by atoms with Crippen molar-refractivity contribution in [2.45, 2.75) is 19.8 Å². The fraction of sp³-hybridized carbons (Fsp3) is 0.429. The summed E-state index contributed by atoms with van der Waals surface area (Å²) in [5.74, 6) is 0.565. The third-order valence-electron chi connectivity index (χ3n) is 3.35. The Morgan fingerprint density at radius 2 is 2.05 bits per heavy atom. The number of benzene rings is 1. The van der Waals surface area contributed by atoms with Gasteiger partial charge in [0.2, 0.25) is 0 Å². The Kier molecular flexibility index (Phi) is 4.04. The first-order chi connectivity index (χ1) is 9.15. The number of likely N-dealkylation sites (tertiary alicyclic amines) is 1. The van der Waals surface area contributed by atoms with Crippen LogP contribution >= 0.6 is 0 Å². The molecule has 1 heterocycles. The highest BCUT2D eigenvalue weighted by Crippen LogP contribution is 2.22. The Morgan fingerprint density at radius 1 is 1.37 bits per heavy atom. The standard InChI is InChI=1S/C14H18N2O3/c1-10-3-4-13(19-2)12(9-10)14(17)16-7-5-11(15-18)6-8-16/h3-4,9,18H,5-8H2,1-2H3. The van der Waals surface area contributed by atoms with Crippen LogP contribution in [-0.2, 0) is 0 Å². The van der Waals surface area contributed by atoms with Crippen molar-refractivity contribution in [3.05, 3.63) is 29.3 Å². The summed E-state index contributed by atoms with van der Waals surface area (Å²) in [6, 6.07) is 5.58. The molecule has 0 saturated carbocycles. The number of oxime groups is 1. The third kappa shape index (κ3) is 2.86. The van der Waals surface area contributed by atoms with Crippen molar-refractivity contribution in [3.8, 4) is 5.75 Å². The summed E-state index contributed by atoms with van der Waals surface area (Å²) >= 11 is 0. The maximum Gasteiger partial charge on any atom is 0.257 e. The highest BCUT2D eigenvalue weighted by molar-refractivity contribution is 5.98. The maximum atomic E-state index is 12.5. The topological polar surface area (TPSA) is 62.1 Å². The quantitative estimate of drug-likeness (QED) is 0.655. The summed E-state index contributed by atoms with van der Waals surface area (Å²) in [4.78, 5) is 14.2. The van der Waals surface area contributed by atoms with Crippen molar-refractivity contribution < 1.29 is 14.7 Å². The van der Waals surface area contributed by atoms with Gasteiger partial charge in [0.05, 0.1) is 18.4 Å². The zero-order chi connectivity index (χ0) is 13.8. The van der Waals surface area contributed by atoms with Gasteiger partial charge in [-0.25, -0.2) is 0 Å². The van der Waals surface area contributed by atoms with Crippen LogP contribution in [-0.4, -0.2) is 41.9 Å². The van der Waals surface area contributed by atoms with E-state index in [1.165, 1.54) is 0 Å². The summed E-state index contributed by atoms with van der Waals surface area (Å²) in [6.07, 6.45) is 1.24. The molecule has 1 aromatic rings. The van der Waals surface area contributed by atoms with Gasteiger partial charge in [0.25, 0.3) is 5.91 Å². The zero-order valence-electron chi connectivity index (χ0n) is 11.2. The van der Waals surface area contributed by atoms with Crippen molar-refractivity contribution in [2.75, 3.05) is 20.2 Å². The lowest BCUT2D eigenvalue weighted by molar-refractivity contribution is 0.0750. The molecular formula is C14H18N2O3. The van der Waals surface area contributed by atoms with Crippen molar-refractivity contribution in [2.24, 2.45) is 5.16 Å². The number of methoxy groups -OCH3 is 1. The van der Waals surface area contributed by atoms with Crippen molar-refractivity contribution >= 4 is 11.6 Å². The molecule has 1 aromatic carbocycles. The normalized spacial score (nSPS) is 15.3. The van der Waals surface area contributed by atoms with Crippen LogP contribution in [0.15, 0.2) is 23.4 Å². The molecule has 1 fully saturated rings. The largest absolute Gasteiger partial charge is 0.496 e. The second-order valence-corrected chi connectivity index (χ2v) is 4.66. The molecule has 0 radical (unpaired) electrons. The van der Waals surface area contributed by atoms with E-state index in [0.717, 1.165) is 11.3 Å². The van der Waals surface area contributed by atoms with Crippen molar-refractivity contribution in [3.63, 3.8) is 0 Å². The summed E-state index contributed by atoms with van der Waals surface area (Å²) in [5, 5.41) is 11.9. The van der Waals surface area contributed by atoms with E-state index < -0.39 is 0 Å². The van der Waals surface area contributed by atoms with Crippen LogP contribution in [0.1, 0.15) is 28.8 Å². The predicted octanol–water partition coefficient (Wildman–Crippen LogP) is 2.07. The lowest BCUT2D eigenvalue weighted by Crippen LogP contribution is -2.38. The van der Waals surface area contributed by atoms with E-state index in [1.54, 1.807) is 12.0 Å². The van der Waals surface area contributed by atoms with Crippen molar-refractivity contribution in [1.29, 1.82) is 0 Å². The molecule has 19 heavy (non-hydrogen) atoms. The first kappa shape index (κ1) is 13.4. The van der Waals surface area contributed by atoms with Gasteiger partial charge >= 0.3 is 0 Å². The van der Waals surface area contributed by atoms with Gasteiger partial charge in [0.1, 0.15) is 5.75 Å². The second-order valence-electron chi connectivity index (χ2n) is 4.66. The van der Waals surface area contributed by atoms with E-state index in [-0.39, 0.29) is 5.91 Å². The summed E-state index contributed by atoms with van der Waals surface area (Å²) in [5.41, 5.74) is 2.37. The first-order valence-electron chi connectivity index (χ1n) is 6.29. The van der Waals surface area contributed by atoms with Gasteiger partial charge in [0.15, 0.2) is 0 Å². The van der Waals surface area contributed by atoms with Gasteiger partial charge in [-0.1, -0.05) is 16.8 Å². The van der Waals surface area contributed by atoms with Crippen LogP contribution in [0.3, 0.4) is 0 Å². The minimum absolute atomic E-state index is 0.0301. The fourth-order valence-electron chi connectivity index (χ4n) is 2.23. The molecule has 0 atom stereocenters. The summed E-state index contributed by atoms with van der Waals surface area (Å²) < 4.78 is 5.24. The van der Waals surface area contributed by atoms with E-state index in [2.05, 4.69) is 5.16 Å². The number of carbonyl (C=O) groups is 1. The van der Waals surface area contributed by atoms with Gasteiger partial charge < -0.3 is 14.8 Å². The number of aryl methyl sites for hydroxylation is 1. The summed E-state index contributed by atoms with van der Waals surface area (Å²) in [6.45, 7) is 3.10. The Hall–Kier alpha value is -2.04. The number of piperidine rings is 1. The molecule has 0 unspecified atom stereocenters. The molecule has 1 N–H and O–H groups in total. The Bertz CT molecular complexity index is 501. The van der Waals surface area contributed by atoms with Gasteiger partial charge in [0, 0.05) is 25.9 Å².